The van der Waals surface area contributed by atoms with Gasteiger partial charge in [0.05, 0.1) is 12.4 Å². The molecule has 0 spiro atoms. The van der Waals surface area contributed by atoms with Gasteiger partial charge in [0.25, 0.3) is 0 Å². The highest BCUT2D eigenvalue weighted by molar-refractivity contribution is 7.89. The number of aliphatic hydroxyl groups excluding tert-OH is 1. The van der Waals surface area contributed by atoms with Gasteiger partial charge in [0, 0.05) is 26.8 Å². The number of hydrogen-bond donors (Lipinski definition) is 1. The average molecular weight is 265 g/mol. The van der Waals surface area contributed by atoms with Crippen molar-refractivity contribution in [2.24, 2.45) is 5.92 Å². The largest absolute Gasteiger partial charge is 0.396 e. The van der Waals surface area contributed by atoms with Crippen LogP contribution in [0.1, 0.15) is 25.7 Å². The first-order valence-corrected chi connectivity index (χ1v) is 7.80. The smallest absolute Gasteiger partial charge is 0.213 e. The Morgan fingerprint density at radius 3 is 2.76 bits per heavy atom. The molecule has 0 saturated carbocycles. The molecule has 0 bridgehead atoms. The molecule has 1 saturated heterocycles. The van der Waals surface area contributed by atoms with Crippen molar-refractivity contribution in [3.8, 4) is 0 Å². The summed E-state index contributed by atoms with van der Waals surface area (Å²) in [6, 6.07) is 0. The van der Waals surface area contributed by atoms with Gasteiger partial charge in [0.15, 0.2) is 0 Å². The van der Waals surface area contributed by atoms with E-state index in [2.05, 4.69) is 0 Å². The minimum absolute atomic E-state index is 0.0513. The van der Waals surface area contributed by atoms with Gasteiger partial charge in [-0.2, -0.15) is 0 Å². The fourth-order valence-electron chi connectivity index (χ4n) is 1.98. The van der Waals surface area contributed by atoms with E-state index in [9.17, 15) is 8.42 Å². The van der Waals surface area contributed by atoms with Crippen LogP contribution >= 0.6 is 0 Å². The van der Waals surface area contributed by atoms with E-state index in [1.54, 1.807) is 7.05 Å². The molecule has 1 atom stereocenters. The van der Waals surface area contributed by atoms with Crippen LogP contribution in [0, 0.1) is 5.92 Å². The molecule has 6 heteroatoms. The summed E-state index contributed by atoms with van der Waals surface area (Å²) in [6.07, 6.45) is 3.11. The molecule has 5 nitrogen and oxygen atoms in total. The Kier molecular flexibility index (Phi) is 6.40. The molecule has 0 aliphatic carbocycles. The maximum absolute atomic E-state index is 11.9. The molecule has 1 heterocycles. The molecule has 0 amide bonds. The Balaban J connectivity index is 2.36. The second-order valence-corrected chi connectivity index (χ2v) is 6.81. The van der Waals surface area contributed by atoms with Crippen LogP contribution in [0.3, 0.4) is 0 Å². The van der Waals surface area contributed by atoms with Gasteiger partial charge in [-0.3, -0.25) is 0 Å². The summed E-state index contributed by atoms with van der Waals surface area (Å²) in [6.45, 7) is 2.05. The molecule has 1 fully saturated rings. The predicted molar refractivity (Wildman–Crippen MR) is 66.3 cm³/mol. The first-order valence-electron chi connectivity index (χ1n) is 6.19. The van der Waals surface area contributed by atoms with E-state index in [1.165, 1.54) is 4.31 Å². The quantitative estimate of drug-likeness (QED) is 0.679. The molecule has 17 heavy (non-hydrogen) atoms. The van der Waals surface area contributed by atoms with Gasteiger partial charge in [-0.1, -0.05) is 0 Å². The normalized spacial score (nSPS) is 21.9. The molecular weight excluding hydrogens is 242 g/mol. The molecule has 0 aromatic rings. The van der Waals surface area contributed by atoms with Crippen molar-refractivity contribution in [2.45, 2.75) is 25.7 Å². The van der Waals surface area contributed by atoms with E-state index in [0.717, 1.165) is 19.4 Å². The summed E-state index contributed by atoms with van der Waals surface area (Å²) < 4.78 is 30.5. The fourth-order valence-corrected chi connectivity index (χ4v) is 3.30. The zero-order valence-corrected chi connectivity index (χ0v) is 11.3. The van der Waals surface area contributed by atoms with E-state index < -0.39 is 10.0 Å². The van der Waals surface area contributed by atoms with Crippen LogP contribution in [0.25, 0.3) is 0 Å². The van der Waals surface area contributed by atoms with E-state index in [1.807, 2.05) is 0 Å². The molecule has 102 valence electrons. The van der Waals surface area contributed by atoms with Crippen LogP contribution in [-0.4, -0.2) is 57.0 Å². The monoisotopic (exact) mass is 265 g/mol. The molecule has 1 aliphatic heterocycles. The second-order valence-electron chi connectivity index (χ2n) is 4.61. The third-order valence-electron chi connectivity index (χ3n) is 3.06. The van der Waals surface area contributed by atoms with Crippen LogP contribution < -0.4 is 0 Å². The third kappa shape index (κ3) is 5.33. The molecule has 0 aromatic heterocycles. The van der Waals surface area contributed by atoms with Crippen LogP contribution in [-0.2, 0) is 14.8 Å². The summed E-state index contributed by atoms with van der Waals surface area (Å²) in [5, 5.41) is 8.64. The number of aliphatic hydroxyl groups is 1. The Bertz CT molecular complexity index is 299. The number of rotatable bonds is 7. The predicted octanol–water partition coefficient (Wildman–Crippen LogP) is 0.447. The summed E-state index contributed by atoms with van der Waals surface area (Å²) in [4.78, 5) is 0. The second kappa shape index (κ2) is 7.31. The molecule has 1 N–H and O–H groups in total. The highest BCUT2D eigenvalue weighted by Crippen LogP contribution is 2.16. The van der Waals surface area contributed by atoms with E-state index in [0.29, 0.717) is 31.9 Å². The van der Waals surface area contributed by atoms with Gasteiger partial charge in [-0.25, -0.2) is 12.7 Å². The highest BCUT2D eigenvalue weighted by atomic mass is 32.2. The summed E-state index contributed by atoms with van der Waals surface area (Å²) in [7, 11) is -1.54. The Morgan fingerprint density at radius 2 is 2.18 bits per heavy atom. The van der Waals surface area contributed by atoms with Crippen LogP contribution in [0.4, 0.5) is 0 Å². The van der Waals surface area contributed by atoms with Gasteiger partial charge < -0.3 is 9.84 Å². The van der Waals surface area contributed by atoms with E-state index in [-0.39, 0.29) is 12.4 Å². The van der Waals surface area contributed by atoms with E-state index >= 15 is 0 Å². The van der Waals surface area contributed by atoms with Gasteiger partial charge in [0.2, 0.25) is 10.0 Å². The zero-order chi connectivity index (χ0) is 12.7. The fraction of sp³-hybridized carbons (Fsp3) is 1.00. The number of ether oxygens (including phenoxy) is 1. The molecule has 0 aromatic carbocycles. The van der Waals surface area contributed by atoms with Crippen LogP contribution in [0.15, 0.2) is 0 Å². The van der Waals surface area contributed by atoms with Crippen LogP contribution in [0.5, 0.6) is 0 Å². The summed E-state index contributed by atoms with van der Waals surface area (Å²) in [5.41, 5.74) is 0. The molecule has 1 rings (SSSR count). The van der Waals surface area contributed by atoms with Gasteiger partial charge in [-0.15, -0.1) is 0 Å². The van der Waals surface area contributed by atoms with Crippen molar-refractivity contribution in [3.05, 3.63) is 0 Å². The topological polar surface area (TPSA) is 66.8 Å². The molecule has 1 aliphatic rings. The highest BCUT2D eigenvalue weighted by Gasteiger charge is 2.22. The summed E-state index contributed by atoms with van der Waals surface area (Å²) >= 11 is 0. The minimum atomic E-state index is -3.17. The van der Waals surface area contributed by atoms with Crippen molar-refractivity contribution in [2.75, 3.05) is 39.2 Å². The lowest BCUT2D eigenvalue weighted by Gasteiger charge is -2.26. The van der Waals surface area contributed by atoms with Gasteiger partial charge >= 0.3 is 0 Å². The maximum atomic E-state index is 11.9. The first-order chi connectivity index (χ1) is 8.06. The van der Waals surface area contributed by atoms with E-state index in [4.69, 9.17) is 9.84 Å². The first kappa shape index (κ1) is 14.9. The summed E-state index contributed by atoms with van der Waals surface area (Å²) in [5.74, 6) is 0.443. The molecule has 1 unspecified atom stereocenters. The lowest BCUT2D eigenvalue weighted by atomic mass is 10.0. The van der Waals surface area contributed by atoms with Crippen LogP contribution in [0.2, 0.25) is 0 Å². The minimum Gasteiger partial charge on any atom is -0.396 e. The Labute approximate surface area is 104 Å². The number of nitrogens with zero attached hydrogens (tertiary/aromatic N) is 1. The maximum Gasteiger partial charge on any atom is 0.213 e. The van der Waals surface area contributed by atoms with Gasteiger partial charge in [0.1, 0.15) is 0 Å². The average Bonchev–Trinajstić information content (AvgIpc) is 2.30. The molecular formula is C11H23NO4S. The van der Waals surface area contributed by atoms with Crippen molar-refractivity contribution in [1.29, 1.82) is 0 Å². The Morgan fingerprint density at radius 1 is 1.41 bits per heavy atom. The third-order valence-corrected chi connectivity index (χ3v) is 4.96. The lowest BCUT2D eigenvalue weighted by Crippen LogP contribution is -2.36. The SMILES string of the molecule is CN(CC1CCCOC1)S(=O)(=O)CCCCO. The van der Waals surface area contributed by atoms with Crippen molar-refractivity contribution >= 4 is 10.0 Å². The van der Waals surface area contributed by atoms with Crippen molar-refractivity contribution in [3.63, 3.8) is 0 Å². The number of unbranched alkanes of at least 4 members (excludes halogenated alkanes) is 1. The lowest BCUT2D eigenvalue weighted by molar-refractivity contribution is 0.0495. The van der Waals surface area contributed by atoms with Crippen molar-refractivity contribution in [1.82, 2.24) is 4.31 Å². The number of sulfonamides is 1. The standard InChI is InChI=1S/C11H23NO4S/c1-12(9-11-5-4-7-16-10-11)17(14,15)8-3-2-6-13/h11,13H,2-10H2,1H3. The molecule has 0 radical (unpaired) electrons. The zero-order valence-electron chi connectivity index (χ0n) is 10.5. The van der Waals surface area contributed by atoms with Crippen molar-refractivity contribution < 1.29 is 18.3 Å². The Hall–Kier alpha value is -0.170. The van der Waals surface area contributed by atoms with Gasteiger partial charge in [-0.05, 0) is 31.6 Å². The number of hydrogen-bond acceptors (Lipinski definition) is 4.